The first-order chi connectivity index (χ1) is 9.90. The highest BCUT2D eigenvalue weighted by Crippen LogP contribution is 2.14. The summed E-state index contributed by atoms with van der Waals surface area (Å²) in [4.78, 5) is 34.5. The van der Waals surface area contributed by atoms with Crippen LogP contribution in [0.4, 0.5) is 0 Å². The average Bonchev–Trinajstić information content (AvgIpc) is 2.39. The summed E-state index contributed by atoms with van der Waals surface area (Å²) >= 11 is 0. The fourth-order valence-corrected chi connectivity index (χ4v) is 2.04. The van der Waals surface area contributed by atoms with Crippen LogP contribution in [-0.2, 0) is 19.1 Å². The van der Waals surface area contributed by atoms with Gasteiger partial charge in [0.05, 0.1) is 18.4 Å². The Kier molecular flexibility index (Phi) is 6.91. The van der Waals surface area contributed by atoms with Crippen molar-refractivity contribution >= 4 is 17.8 Å². The lowest BCUT2D eigenvalue weighted by Gasteiger charge is -2.23. The second kappa shape index (κ2) is 8.44. The molecule has 0 aromatic rings. The van der Waals surface area contributed by atoms with Crippen LogP contribution in [0.25, 0.3) is 0 Å². The third-order valence-electron chi connectivity index (χ3n) is 3.44. The number of carboxylic acid groups (broad SMARTS) is 1. The Bertz CT molecular complexity index is 416. The number of nitrogens with one attached hydrogen (secondary N) is 1. The van der Waals surface area contributed by atoms with E-state index < -0.39 is 17.9 Å². The largest absolute Gasteiger partial charge is 0.481 e. The molecule has 1 heterocycles. The van der Waals surface area contributed by atoms with Crippen LogP contribution in [0.2, 0.25) is 0 Å². The van der Waals surface area contributed by atoms with E-state index in [9.17, 15) is 14.4 Å². The van der Waals surface area contributed by atoms with E-state index >= 15 is 0 Å². The molecule has 0 spiro atoms. The van der Waals surface area contributed by atoms with E-state index in [0.29, 0.717) is 19.3 Å². The summed E-state index contributed by atoms with van der Waals surface area (Å²) in [5.74, 6) is -2.18. The van der Waals surface area contributed by atoms with Crippen LogP contribution >= 0.6 is 0 Å². The molecule has 0 radical (unpaired) electrons. The number of carbonyl (C=O) groups is 3. The topological polar surface area (TPSA) is 92.7 Å². The normalized spacial score (nSPS) is 26.2. The van der Waals surface area contributed by atoms with Gasteiger partial charge in [-0.05, 0) is 18.8 Å². The third-order valence-corrected chi connectivity index (χ3v) is 3.44. The van der Waals surface area contributed by atoms with Crippen LogP contribution in [0.5, 0.6) is 0 Å². The predicted molar refractivity (Wildman–Crippen MR) is 76.5 cm³/mol. The van der Waals surface area contributed by atoms with Crippen molar-refractivity contribution in [3.05, 3.63) is 12.2 Å². The SMILES string of the molecule is CC(C)[C@@H]1COC(=O)[C@H](CC(=O)O)C/C=C\CCC(=O)N1. The molecule has 0 saturated heterocycles. The first-order valence-corrected chi connectivity index (χ1v) is 7.23. The molecular formula is C15H23NO5. The van der Waals surface area contributed by atoms with Crippen molar-refractivity contribution in [2.75, 3.05) is 6.61 Å². The highest BCUT2D eigenvalue weighted by molar-refractivity contribution is 5.79. The van der Waals surface area contributed by atoms with E-state index in [1.165, 1.54) is 0 Å². The third kappa shape index (κ3) is 6.42. The first kappa shape index (κ1) is 17.2. The van der Waals surface area contributed by atoms with Gasteiger partial charge in [-0.15, -0.1) is 0 Å². The van der Waals surface area contributed by atoms with Gasteiger partial charge in [0.1, 0.15) is 6.61 Å². The van der Waals surface area contributed by atoms with E-state index in [1.807, 2.05) is 13.8 Å². The van der Waals surface area contributed by atoms with Crippen molar-refractivity contribution in [2.45, 2.75) is 45.6 Å². The van der Waals surface area contributed by atoms with Crippen molar-refractivity contribution in [1.29, 1.82) is 0 Å². The molecule has 118 valence electrons. The zero-order valence-corrected chi connectivity index (χ0v) is 12.5. The lowest BCUT2D eigenvalue weighted by atomic mass is 10.00. The summed E-state index contributed by atoms with van der Waals surface area (Å²) in [7, 11) is 0. The highest BCUT2D eigenvalue weighted by atomic mass is 16.5. The minimum atomic E-state index is -1.02. The predicted octanol–water partition coefficient (Wildman–Crippen LogP) is 1.50. The maximum Gasteiger partial charge on any atom is 0.309 e. The number of ether oxygens (including phenoxy) is 1. The standard InChI is InChI=1S/C15H23NO5/c1-10(2)12-9-21-15(20)11(8-14(18)19)6-4-3-5-7-13(17)16-12/h3-4,10-12H,5-9H2,1-2H3,(H,16,17)(H,18,19)/b4-3-/t11-,12-/m0/s1. The lowest BCUT2D eigenvalue weighted by Crippen LogP contribution is -2.42. The molecule has 0 aliphatic carbocycles. The molecule has 2 atom stereocenters. The molecule has 21 heavy (non-hydrogen) atoms. The van der Waals surface area contributed by atoms with Gasteiger partial charge in [0, 0.05) is 6.42 Å². The molecule has 0 unspecified atom stereocenters. The van der Waals surface area contributed by atoms with Crippen LogP contribution in [0.3, 0.4) is 0 Å². The fraction of sp³-hybridized carbons (Fsp3) is 0.667. The lowest BCUT2D eigenvalue weighted by molar-refractivity contribution is -0.154. The fourth-order valence-electron chi connectivity index (χ4n) is 2.04. The molecule has 0 bridgehead atoms. The van der Waals surface area contributed by atoms with Crippen LogP contribution < -0.4 is 5.32 Å². The Labute approximate surface area is 124 Å². The number of allylic oxidation sites excluding steroid dienone is 2. The number of carboxylic acids is 1. The van der Waals surface area contributed by atoms with E-state index in [1.54, 1.807) is 12.2 Å². The summed E-state index contributed by atoms with van der Waals surface area (Å²) in [6.07, 6.45) is 4.56. The Morgan fingerprint density at radius 1 is 1.43 bits per heavy atom. The van der Waals surface area contributed by atoms with Crippen LogP contribution in [0.15, 0.2) is 12.2 Å². The van der Waals surface area contributed by atoms with Crippen molar-refractivity contribution in [1.82, 2.24) is 5.32 Å². The molecule has 1 amide bonds. The van der Waals surface area contributed by atoms with Crippen molar-refractivity contribution < 1.29 is 24.2 Å². The molecule has 0 saturated carbocycles. The van der Waals surface area contributed by atoms with E-state index in [2.05, 4.69) is 5.32 Å². The van der Waals surface area contributed by atoms with Gasteiger partial charge in [-0.1, -0.05) is 26.0 Å². The van der Waals surface area contributed by atoms with E-state index in [-0.39, 0.29) is 30.9 Å². The number of rotatable bonds is 3. The Morgan fingerprint density at radius 2 is 2.14 bits per heavy atom. The quantitative estimate of drug-likeness (QED) is 0.608. The Hall–Kier alpha value is -1.85. The van der Waals surface area contributed by atoms with Crippen LogP contribution in [0.1, 0.15) is 39.5 Å². The minimum absolute atomic E-state index is 0.0715. The molecular weight excluding hydrogens is 274 g/mol. The Balaban J connectivity index is 2.79. The molecule has 6 nitrogen and oxygen atoms in total. The first-order valence-electron chi connectivity index (χ1n) is 7.23. The molecule has 6 heteroatoms. The molecule has 0 aromatic carbocycles. The number of hydrogen-bond donors (Lipinski definition) is 2. The van der Waals surface area contributed by atoms with Crippen LogP contribution in [-0.4, -0.2) is 35.6 Å². The number of amides is 1. The molecule has 1 aliphatic rings. The van der Waals surface area contributed by atoms with Crippen molar-refractivity contribution in [3.63, 3.8) is 0 Å². The zero-order valence-electron chi connectivity index (χ0n) is 12.5. The van der Waals surface area contributed by atoms with Gasteiger partial charge in [0.25, 0.3) is 0 Å². The van der Waals surface area contributed by atoms with Crippen molar-refractivity contribution in [3.8, 4) is 0 Å². The maximum absolute atomic E-state index is 12.0. The number of aliphatic carboxylic acids is 1. The number of esters is 1. The molecule has 1 aliphatic heterocycles. The van der Waals surface area contributed by atoms with Gasteiger partial charge in [-0.2, -0.15) is 0 Å². The van der Waals surface area contributed by atoms with Gasteiger partial charge in [-0.3, -0.25) is 14.4 Å². The minimum Gasteiger partial charge on any atom is -0.481 e. The summed E-state index contributed by atoms with van der Waals surface area (Å²) in [5.41, 5.74) is 0. The average molecular weight is 297 g/mol. The summed E-state index contributed by atoms with van der Waals surface area (Å²) in [6, 6.07) is -0.254. The monoisotopic (exact) mass is 297 g/mol. The molecule has 0 aromatic heterocycles. The van der Waals surface area contributed by atoms with Crippen LogP contribution in [0, 0.1) is 11.8 Å². The zero-order chi connectivity index (χ0) is 15.8. The highest BCUT2D eigenvalue weighted by Gasteiger charge is 2.25. The molecule has 2 N–H and O–H groups in total. The summed E-state index contributed by atoms with van der Waals surface area (Å²) in [6.45, 7) is 3.93. The van der Waals surface area contributed by atoms with Gasteiger partial charge in [-0.25, -0.2) is 0 Å². The maximum atomic E-state index is 12.0. The molecule has 1 rings (SSSR count). The van der Waals surface area contributed by atoms with E-state index in [0.717, 1.165) is 0 Å². The Morgan fingerprint density at radius 3 is 2.76 bits per heavy atom. The van der Waals surface area contributed by atoms with E-state index in [4.69, 9.17) is 9.84 Å². The molecule has 0 fully saturated rings. The van der Waals surface area contributed by atoms with Gasteiger partial charge in [0.2, 0.25) is 5.91 Å². The van der Waals surface area contributed by atoms with Gasteiger partial charge in [0.15, 0.2) is 0 Å². The smallest absolute Gasteiger partial charge is 0.309 e. The summed E-state index contributed by atoms with van der Waals surface area (Å²) in [5, 5.41) is 11.7. The number of cyclic esters (lactones) is 1. The second-order valence-electron chi connectivity index (χ2n) is 5.59. The second-order valence-corrected chi connectivity index (χ2v) is 5.59. The van der Waals surface area contributed by atoms with Gasteiger partial charge >= 0.3 is 11.9 Å². The van der Waals surface area contributed by atoms with Gasteiger partial charge < -0.3 is 15.2 Å². The number of carbonyl (C=O) groups excluding carboxylic acids is 2. The number of hydrogen-bond acceptors (Lipinski definition) is 4. The summed E-state index contributed by atoms with van der Waals surface area (Å²) < 4.78 is 5.20. The van der Waals surface area contributed by atoms with Crippen molar-refractivity contribution in [2.24, 2.45) is 11.8 Å².